The van der Waals surface area contributed by atoms with Crippen molar-refractivity contribution in [2.75, 3.05) is 0 Å². The van der Waals surface area contributed by atoms with E-state index in [1.807, 2.05) is 0 Å². The maximum absolute atomic E-state index is 13.5. The molecule has 0 fully saturated rings. The predicted octanol–water partition coefficient (Wildman–Crippen LogP) is 6.63. The smallest absolute Gasteiger partial charge is 0.212 e. The highest BCUT2D eigenvalue weighted by atomic mass is 35.5. The molecule has 0 aliphatic carbocycles. The number of alkyl halides is 16. The van der Waals surface area contributed by atoms with Crippen LogP contribution >= 0.6 is 58.0 Å². The van der Waals surface area contributed by atoms with Crippen LogP contribution in [0.3, 0.4) is 0 Å². The third-order valence-corrected chi connectivity index (χ3v) is 4.43. The van der Waals surface area contributed by atoms with E-state index in [2.05, 4.69) is 58.0 Å². The molecule has 2 unspecified atom stereocenters. The van der Waals surface area contributed by atoms with E-state index in [-0.39, 0.29) is 0 Å². The van der Waals surface area contributed by atoms with Crippen molar-refractivity contribution in [3.05, 3.63) is 0 Å². The lowest BCUT2D eigenvalue weighted by molar-refractivity contribution is -0.298. The van der Waals surface area contributed by atoms with E-state index in [9.17, 15) is 48.3 Å². The summed E-state index contributed by atoms with van der Waals surface area (Å²) in [5, 5.41) is -31.0. The standard InChI is InChI=1S/C7Cl5F11/c8-1(13,4(16,17)2(9,14)6(11,20)21)5(18,19)3(10,15)7(12,22)23. The molecule has 140 valence electrons. The van der Waals surface area contributed by atoms with Gasteiger partial charge in [0.1, 0.15) is 0 Å². The van der Waals surface area contributed by atoms with Crippen molar-refractivity contribution in [3.8, 4) is 0 Å². The lowest BCUT2D eigenvalue weighted by atomic mass is 9.98. The number of rotatable bonds is 6. The normalized spacial score (nSPS) is 23.0. The summed E-state index contributed by atoms with van der Waals surface area (Å²) in [6.45, 7) is 0. The van der Waals surface area contributed by atoms with Gasteiger partial charge in [-0.05, 0) is 23.2 Å². The molecule has 0 saturated heterocycles. The summed E-state index contributed by atoms with van der Waals surface area (Å²) in [6.07, 6.45) is 0. The Labute approximate surface area is 144 Å². The predicted molar refractivity (Wildman–Crippen MR) is 60.6 cm³/mol. The summed E-state index contributed by atoms with van der Waals surface area (Å²) in [5.74, 6) is -13.9. The van der Waals surface area contributed by atoms with Gasteiger partial charge in [-0.2, -0.15) is 35.1 Å². The van der Waals surface area contributed by atoms with Crippen molar-refractivity contribution < 1.29 is 48.3 Å². The maximum Gasteiger partial charge on any atom is 0.375 e. The summed E-state index contributed by atoms with van der Waals surface area (Å²) in [6, 6.07) is 0. The molecule has 0 aliphatic rings. The molecule has 0 heterocycles. The van der Waals surface area contributed by atoms with Gasteiger partial charge in [0.25, 0.3) is 0 Å². The van der Waals surface area contributed by atoms with E-state index in [1.54, 1.807) is 0 Å². The molecule has 0 aliphatic heterocycles. The average Bonchev–Trinajstić information content (AvgIpc) is 2.24. The molecule has 0 N–H and O–H groups in total. The second-order valence-electron chi connectivity index (χ2n) is 3.87. The van der Waals surface area contributed by atoms with Gasteiger partial charge in [-0.3, -0.25) is 0 Å². The first kappa shape index (κ1) is 23.7. The second kappa shape index (κ2) is 5.85. The fraction of sp³-hybridized carbons (Fsp3) is 1.00. The SMILES string of the molecule is FC(F)(Cl)C(F)(Cl)C(F)(F)C(F)(Cl)C(F)(F)C(F)(Cl)C(F)(F)Cl. The lowest BCUT2D eigenvalue weighted by Gasteiger charge is -2.43. The monoisotopic (exact) mass is 468 g/mol. The van der Waals surface area contributed by atoms with Crippen molar-refractivity contribution in [1.82, 2.24) is 0 Å². The highest BCUT2D eigenvalue weighted by Crippen LogP contribution is 2.65. The Balaban J connectivity index is 6.37. The minimum absolute atomic E-state index is 3.78. The Morgan fingerprint density at radius 1 is 0.348 bits per heavy atom. The molecule has 0 spiro atoms. The Hall–Kier alpha value is 0.680. The Morgan fingerprint density at radius 2 is 0.522 bits per heavy atom. The maximum atomic E-state index is 13.5. The lowest BCUT2D eigenvalue weighted by Crippen LogP contribution is -2.70. The highest BCUT2D eigenvalue weighted by molar-refractivity contribution is 6.36. The zero-order chi connectivity index (χ0) is 19.5. The number of halogens is 16. The molecule has 16 heteroatoms. The van der Waals surface area contributed by atoms with Crippen molar-refractivity contribution in [2.45, 2.75) is 38.0 Å². The quantitative estimate of drug-likeness (QED) is 0.302. The molecule has 0 aromatic heterocycles. The molecule has 0 radical (unpaired) electrons. The molecular weight excluding hydrogens is 470 g/mol. The van der Waals surface area contributed by atoms with Crippen LogP contribution in [-0.4, -0.2) is 38.0 Å². The van der Waals surface area contributed by atoms with E-state index in [4.69, 9.17) is 0 Å². The average molecular weight is 470 g/mol. The van der Waals surface area contributed by atoms with E-state index in [0.717, 1.165) is 0 Å². The third kappa shape index (κ3) is 3.24. The topological polar surface area (TPSA) is 0 Å². The van der Waals surface area contributed by atoms with Gasteiger partial charge < -0.3 is 0 Å². The van der Waals surface area contributed by atoms with Crippen LogP contribution in [0, 0.1) is 0 Å². The van der Waals surface area contributed by atoms with Gasteiger partial charge in [0.15, 0.2) is 0 Å². The van der Waals surface area contributed by atoms with Crippen LogP contribution in [0.25, 0.3) is 0 Å². The van der Waals surface area contributed by atoms with Crippen LogP contribution in [0.2, 0.25) is 0 Å². The van der Waals surface area contributed by atoms with Crippen molar-refractivity contribution in [1.29, 1.82) is 0 Å². The summed E-state index contributed by atoms with van der Waals surface area (Å²) in [5.41, 5.74) is 0. The van der Waals surface area contributed by atoms with Crippen LogP contribution in [0.1, 0.15) is 0 Å². The van der Waals surface area contributed by atoms with Gasteiger partial charge >= 0.3 is 38.0 Å². The molecule has 0 aromatic rings. The summed E-state index contributed by atoms with van der Waals surface area (Å²) < 4.78 is 143. The van der Waals surface area contributed by atoms with Crippen LogP contribution < -0.4 is 0 Å². The number of hydrogen-bond donors (Lipinski definition) is 0. The zero-order valence-electron chi connectivity index (χ0n) is 9.55. The van der Waals surface area contributed by atoms with E-state index >= 15 is 0 Å². The summed E-state index contributed by atoms with van der Waals surface area (Å²) >= 11 is 19.3. The van der Waals surface area contributed by atoms with E-state index in [1.165, 1.54) is 0 Å². The van der Waals surface area contributed by atoms with Crippen LogP contribution in [0.15, 0.2) is 0 Å². The Bertz CT molecular complexity index is 409. The van der Waals surface area contributed by atoms with Crippen LogP contribution in [0.5, 0.6) is 0 Å². The van der Waals surface area contributed by atoms with Gasteiger partial charge in [-0.25, -0.2) is 13.2 Å². The molecule has 0 amide bonds. The molecule has 0 saturated carbocycles. The van der Waals surface area contributed by atoms with Crippen molar-refractivity contribution >= 4 is 58.0 Å². The van der Waals surface area contributed by atoms with Crippen molar-refractivity contribution in [2.24, 2.45) is 0 Å². The van der Waals surface area contributed by atoms with Crippen LogP contribution in [0.4, 0.5) is 48.3 Å². The summed E-state index contributed by atoms with van der Waals surface area (Å²) in [7, 11) is 0. The van der Waals surface area contributed by atoms with Crippen molar-refractivity contribution in [3.63, 3.8) is 0 Å². The molecular formula is C7Cl5F11. The van der Waals surface area contributed by atoms with Gasteiger partial charge in [-0.15, -0.1) is 0 Å². The summed E-state index contributed by atoms with van der Waals surface area (Å²) in [4.78, 5) is 0. The molecule has 0 nitrogen and oxygen atoms in total. The highest BCUT2D eigenvalue weighted by Gasteiger charge is 2.89. The van der Waals surface area contributed by atoms with E-state index < -0.39 is 38.0 Å². The first-order chi connectivity index (χ1) is 9.50. The van der Waals surface area contributed by atoms with Gasteiger partial charge in [0.2, 0.25) is 0 Å². The first-order valence-corrected chi connectivity index (χ1v) is 6.41. The fourth-order valence-corrected chi connectivity index (χ4v) is 1.80. The number of hydrogen-bond acceptors (Lipinski definition) is 0. The minimum Gasteiger partial charge on any atom is -0.212 e. The van der Waals surface area contributed by atoms with Gasteiger partial charge in [0, 0.05) is 0 Å². The molecule has 23 heavy (non-hydrogen) atoms. The Morgan fingerprint density at radius 3 is 0.652 bits per heavy atom. The zero-order valence-corrected chi connectivity index (χ0v) is 13.3. The fourth-order valence-electron chi connectivity index (χ4n) is 0.948. The molecule has 0 bridgehead atoms. The molecule has 0 aromatic carbocycles. The second-order valence-corrected chi connectivity index (χ2v) is 6.38. The van der Waals surface area contributed by atoms with Gasteiger partial charge in [0.05, 0.1) is 0 Å². The molecule has 2 atom stereocenters. The minimum atomic E-state index is -6.97. The third-order valence-electron chi connectivity index (χ3n) is 2.29. The van der Waals surface area contributed by atoms with Gasteiger partial charge in [-0.1, -0.05) is 34.8 Å². The van der Waals surface area contributed by atoms with E-state index in [0.29, 0.717) is 0 Å². The van der Waals surface area contributed by atoms with Crippen LogP contribution in [-0.2, 0) is 0 Å². The Kier molecular flexibility index (Phi) is 6.03. The largest absolute Gasteiger partial charge is 0.375 e. The first-order valence-electron chi connectivity index (χ1n) is 4.52. The molecule has 0 rings (SSSR count).